The molecule has 23 heavy (non-hydrogen) atoms. The Hall–Kier alpha value is -1.44. The summed E-state index contributed by atoms with van der Waals surface area (Å²) in [4.78, 5) is 19.5. The molecule has 0 saturated carbocycles. The summed E-state index contributed by atoms with van der Waals surface area (Å²) >= 11 is 1.39. The number of nitrogens with one attached hydrogen (secondary N) is 1. The third-order valence-electron chi connectivity index (χ3n) is 3.51. The van der Waals surface area contributed by atoms with Gasteiger partial charge in [0.15, 0.2) is 0 Å². The van der Waals surface area contributed by atoms with Gasteiger partial charge >= 0.3 is 0 Å². The van der Waals surface area contributed by atoms with Gasteiger partial charge in [0.2, 0.25) is 0 Å². The molecule has 1 saturated heterocycles. The van der Waals surface area contributed by atoms with Crippen LogP contribution in [0.3, 0.4) is 0 Å². The Morgan fingerprint density at radius 1 is 1.39 bits per heavy atom. The Labute approximate surface area is 141 Å². The smallest absolute Gasteiger partial charge is 0.291 e. The van der Waals surface area contributed by atoms with Gasteiger partial charge in [-0.05, 0) is 44.3 Å². The first-order valence-corrected chi connectivity index (χ1v) is 8.99. The van der Waals surface area contributed by atoms with E-state index in [1.54, 1.807) is 6.07 Å². The average molecular weight is 339 g/mol. The van der Waals surface area contributed by atoms with Crippen molar-refractivity contribution in [2.75, 3.05) is 46.0 Å². The third kappa shape index (κ3) is 6.68. The maximum Gasteiger partial charge on any atom is 0.291 e. The van der Waals surface area contributed by atoms with Crippen LogP contribution in [0.15, 0.2) is 22.5 Å². The topological polar surface area (TPSA) is 63.2 Å². The number of thiophene rings is 1. The second-order valence-corrected chi connectivity index (χ2v) is 6.16. The maximum absolute atomic E-state index is 12.1. The van der Waals surface area contributed by atoms with Crippen molar-refractivity contribution in [3.63, 3.8) is 0 Å². The zero-order chi connectivity index (χ0) is 16.3. The molecule has 0 bridgehead atoms. The van der Waals surface area contributed by atoms with Gasteiger partial charge in [-0.3, -0.25) is 10.1 Å². The van der Waals surface area contributed by atoms with Crippen molar-refractivity contribution < 1.29 is 14.3 Å². The van der Waals surface area contributed by atoms with Crippen LogP contribution in [0.4, 0.5) is 0 Å². The highest BCUT2D eigenvalue weighted by Gasteiger charge is 2.13. The van der Waals surface area contributed by atoms with Crippen molar-refractivity contribution in [2.24, 2.45) is 4.99 Å². The van der Waals surface area contributed by atoms with Crippen LogP contribution in [0.5, 0.6) is 0 Å². The average Bonchev–Trinajstić information content (AvgIpc) is 3.24. The van der Waals surface area contributed by atoms with Gasteiger partial charge in [-0.25, -0.2) is 4.99 Å². The number of amidine groups is 1. The van der Waals surface area contributed by atoms with E-state index in [4.69, 9.17) is 9.47 Å². The van der Waals surface area contributed by atoms with Crippen molar-refractivity contribution >= 4 is 23.3 Å². The highest BCUT2D eigenvalue weighted by Crippen LogP contribution is 2.08. The number of ether oxygens (including phenoxy) is 2. The van der Waals surface area contributed by atoms with E-state index in [0.717, 1.165) is 19.6 Å². The van der Waals surface area contributed by atoms with Crippen LogP contribution >= 0.6 is 11.3 Å². The fourth-order valence-corrected chi connectivity index (χ4v) is 2.95. The summed E-state index contributed by atoms with van der Waals surface area (Å²) < 4.78 is 10.8. The number of likely N-dealkylation sites (tertiary alicyclic amines) is 1. The second kappa shape index (κ2) is 10.4. The highest BCUT2D eigenvalue weighted by atomic mass is 32.1. The van der Waals surface area contributed by atoms with E-state index in [0.29, 0.717) is 31.2 Å². The van der Waals surface area contributed by atoms with Crippen LogP contribution in [0.1, 0.15) is 29.4 Å². The quantitative estimate of drug-likeness (QED) is 0.447. The summed E-state index contributed by atoms with van der Waals surface area (Å²) in [5.41, 5.74) is 0. The molecule has 6 nitrogen and oxygen atoms in total. The number of hydrogen-bond acceptors (Lipinski definition) is 6. The number of carbonyl (C=O) groups is 1. The van der Waals surface area contributed by atoms with E-state index in [1.807, 2.05) is 18.4 Å². The number of rotatable bonds is 8. The largest absolute Gasteiger partial charge is 0.463 e. The van der Waals surface area contributed by atoms with Gasteiger partial charge in [-0.1, -0.05) is 6.07 Å². The van der Waals surface area contributed by atoms with Gasteiger partial charge in [-0.15, -0.1) is 11.3 Å². The van der Waals surface area contributed by atoms with E-state index in [1.165, 1.54) is 24.2 Å². The standard InChI is InChI=1S/C16H25N3O3S/c1-2-21-11-12-22-16(17-7-10-19-8-3-4-9-19)18-15(20)14-6-5-13-23-14/h5-6,13H,2-4,7-12H2,1H3,(H,17,18,20). The van der Waals surface area contributed by atoms with Crippen LogP contribution in [0.2, 0.25) is 0 Å². The lowest BCUT2D eigenvalue weighted by Crippen LogP contribution is -2.34. The number of aliphatic imine (C=N–C) groups is 1. The Morgan fingerprint density at radius 3 is 2.91 bits per heavy atom. The Bertz CT molecular complexity index is 485. The first-order valence-electron chi connectivity index (χ1n) is 8.12. The molecule has 0 atom stereocenters. The molecule has 7 heteroatoms. The van der Waals surface area contributed by atoms with E-state index in [2.05, 4.69) is 15.2 Å². The summed E-state index contributed by atoms with van der Waals surface area (Å²) in [6, 6.07) is 3.91. The van der Waals surface area contributed by atoms with Crippen LogP contribution in [-0.4, -0.2) is 62.8 Å². The van der Waals surface area contributed by atoms with Crippen LogP contribution in [0, 0.1) is 0 Å². The molecule has 1 N–H and O–H groups in total. The predicted octanol–water partition coefficient (Wildman–Crippen LogP) is 1.98. The Kier molecular flexibility index (Phi) is 8.06. The van der Waals surface area contributed by atoms with E-state index < -0.39 is 0 Å². The lowest BCUT2D eigenvalue weighted by Gasteiger charge is -2.14. The normalized spacial score (nSPS) is 15.8. The number of carbonyl (C=O) groups excluding carboxylic acids is 1. The minimum absolute atomic E-state index is 0.184. The Morgan fingerprint density at radius 2 is 2.22 bits per heavy atom. The molecular weight excluding hydrogens is 314 g/mol. The van der Waals surface area contributed by atoms with Gasteiger partial charge in [0.25, 0.3) is 11.9 Å². The molecule has 2 heterocycles. The minimum Gasteiger partial charge on any atom is -0.463 e. The van der Waals surface area contributed by atoms with Gasteiger partial charge in [0.1, 0.15) is 6.61 Å². The number of hydrogen-bond donors (Lipinski definition) is 1. The molecule has 128 valence electrons. The van der Waals surface area contributed by atoms with Crippen LogP contribution < -0.4 is 5.32 Å². The van der Waals surface area contributed by atoms with Crippen LogP contribution in [-0.2, 0) is 9.47 Å². The molecule has 1 amide bonds. The molecular formula is C16H25N3O3S. The molecule has 0 aromatic carbocycles. The monoisotopic (exact) mass is 339 g/mol. The summed E-state index contributed by atoms with van der Waals surface area (Å²) in [5.74, 6) is -0.184. The third-order valence-corrected chi connectivity index (χ3v) is 4.37. The Balaban J connectivity index is 1.83. The van der Waals surface area contributed by atoms with Gasteiger partial charge < -0.3 is 14.4 Å². The molecule has 1 aromatic rings. The summed E-state index contributed by atoms with van der Waals surface area (Å²) in [6.07, 6.45) is 2.52. The summed E-state index contributed by atoms with van der Waals surface area (Å²) in [7, 11) is 0. The zero-order valence-corrected chi connectivity index (χ0v) is 14.4. The molecule has 2 rings (SSSR count). The van der Waals surface area contributed by atoms with Gasteiger partial charge in [0, 0.05) is 13.2 Å². The first-order chi connectivity index (χ1) is 11.3. The van der Waals surface area contributed by atoms with E-state index >= 15 is 0 Å². The second-order valence-electron chi connectivity index (χ2n) is 5.21. The molecule has 0 unspecified atom stereocenters. The molecule has 0 spiro atoms. The predicted molar refractivity (Wildman–Crippen MR) is 92.2 cm³/mol. The molecule has 1 aliphatic heterocycles. The molecule has 0 radical (unpaired) electrons. The van der Waals surface area contributed by atoms with Crippen LogP contribution in [0.25, 0.3) is 0 Å². The van der Waals surface area contributed by atoms with Crippen molar-refractivity contribution in [1.82, 2.24) is 10.2 Å². The molecule has 1 aliphatic rings. The number of amides is 1. The summed E-state index contributed by atoms with van der Waals surface area (Å²) in [6.45, 7) is 7.23. The lowest BCUT2D eigenvalue weighted by atomic mass is 10.4. The zero-order valence-electron chi connectivity index (χ0n) is 13.6. The molecule has 1 fully saturated rings. The summed E-state index contributed by atoms with van der Waals surface area (Å²) in [5, 5.41) is 4.62. The molecule has 0 aliphatic carbocycles. The van der Waals surface area contributed by atoms with Crippen molar-refractivity contribution in [3.8, 4) is 0 Å². The fourth-order valence-electron chi connectivity index (χ4n) is 2.33. The number of nitrogens with zero attached hydrogens (tertiary/aromatic N) is 2. The minimum atomic E-state index is -0.184. The van der Waals surface area contributed by atoms with E-state index in [-0.39, 0.29) is 11.9 Å². The maximum atomic E-state index is 12.1. The fraction of sp³-hybridized carbons (Fsp3) is 0.625. The van der Waals surface area contributed by atoms with Crippen molar-refractivity contribution in [1.29, 1.82) is 0 Å². The van der Waals surface area contributed by atoms with E-state index in [9.17, 15) is 4.79 Å². The molecule has 1 aromatic heterocycles. The lowest BCUT2D eigenvalue weighted by molar-refractivity contribution is 0.0925. The van der Waals surface area contributed by atoms with Gasteiger partial charge in [-0.2, -0.15) is 0 Å². The van der Waals surface area contributed by atoms with Gasteiger partial charge in [0.05, 0.1) is 18.0 Å². The highest BCUT2D eigenvalue weighted by molar-refractivity contribution is 7.12. The first kappa shape index (κ1) is 17.9. The van der Waals surface area contributed by atoms with Crippen molar-refractivity contribution in [2.45, 2.75) is 19.8 Å². The van der Waals surface area contributed by atoms with Crippen molar-refractivity contribution in [3.05, 3.63) is 22.4 Å². The SMILES string of the molecule is CCOCCOC(=NCCN1CCCC1)NC(=O)c1cccs1.